The zero-order chi connectivity index (χ0) is 20.7. The van der Waals surface area contributed by atoms with Gasteiger partial charge in [-0.2, -0.15) is 0 Å². The van der Waals surface area contributed by atoms with Crippen molar-refractivity contribution in [1.29, 1.82) is 0 Å². The Kier molecular flexibility index (Phi) is 7.47. The third-order valence-electron chi connectivity index (χ3n) is 5.32. The van der Waals surface area contributed by atoms with Crippen molar-refractivity contribution < 1.29 is 13.2 Å². The second-order valence-corrected chi connectivity index (χ2v) is 9.11. The number of hydrogen-bond acceptors (Lipinski definition) is 4. The number of hydrogen-bond donors (Lipinski definition) is 1. The number of sulfonamides is 1. The summed E-state index contributed by atoms with van der Waals surface area (Å²) in [4.78, 5) is 2.35. The minimum absolute atomic E-state index is 0.0611. The minimum atomic E-state index is -3.55. The molecule has 0 radical (unpaired) electrons. The Morgan fingerprint density at radius 1 is 1.07 bits per heavy atom. The smallest absolute Gasteiger partial charge is 0.233 e. The largest absolute Gasteiger partial charge is 0.496 e. The molecule has 1 aliphatic heterocycles. The molecule has 1 aliphatic rings. The number of ether oxygens (including phenoxy) is 1. The molecule has 5 nitrogen and oxygen atoms in total. The van der Waals surface area contributed by atoms with Crippen molar-refractivity contribution in [2.75, 3.05) is 26.7 Å². The Morgan fingerprint density at radius 3 is 2.45 bits per heavy atom. The molecule has 1 atom stereocenters. The zero-order valence-corrected chi connectivity index (χ0v) is 18.0. The van der Waals surface area contributed by atoms with Crippen molar-refractivity contribution in [2.24, 2.45) is 0 Å². The predicted octanol–water partition coefficient (Wildman–Crippen LogP) is 4.12. The van der Waals surface area contributed by atoms with Crippen LogP contribution in [0.1, 0.15) is 42.0 Å². The van der Waals surface area contributed by atoms with Crippen LogP contribution in [-0.2, 0) is 10.0 Å². The summed E-state index contributed by atoms with van der Waals surface area (Å²) in [5, 5.41) is 1.24. The highest BCUT2D eigenvalue weighted by Crippen LogP contribution is 2.31. The second kappa shape index (κ2) is 10.1. The van der Waals surface area contributed by atoms with Gasteiger partial charge in [-0.05, 0) is 50.6 Å². The molecule has 0 saturated carbocycles. The van der Waals surface area contributed by atoms with Gasteiger partial charge in [-0.25, -0.2) is 13.1 Å². The molecule has 1 N–H and O–H groups in total. The molecule has 6 heteroatoms. The maximum Gasteiger partial charge on any atom is 0.233 e. The van der Waals surface area contributed by atoms with Crippen molar-refractivity contribution in [2.45, 2.75) is 32.2 Å². The van der Waals surface area contributed by atoms with E-state index in [9.17, 15) is 8.42 Å². The fourth-order valence-electron chi connectivity index (χ4n) is 3.70. The van der Waals surface area contributed by atoms with Crippen LogP contribution in [0, 0.1) is 6.92 Å². The van der Waals surface area contributed by atoms with Gasteiger partial charge in [-0.15, -0.1) is 0 Å². The van der Waals surface area contributed by atoms with Crippen LogP contribution in [-0.4, -0.2) is 40.1 Å². The van der Waals surface area contributed by atoms with Gasteiger partial charge in [0.15, 0.2) is 0 Å². The third kappa shape index (κ3) is 6.16. The van der Waals surface area contributed by atoms with Gasteiger partial charge in [-0.1, -0.05) is 54.4 Å². The summed E-state index contributed by atoms with van der Waals surface area (Å²) in [6, 6.07) is 15.5. The summed E-state index contributed by atoms with van der Waals surface area (Å²) in [5.41, 5.74) is 3.02. The van der Waals surface area contributed by atoms with E-state index in [1.807, 2.05) is 55.5 Å². The number of likely N-dealkylation sites (tertiary alicyclic amines) is 1. The summed E-state index contributed by atoms with van der Waals surface area (Å²) in [5.74, 6) is 0.789. The molecule has 1 fully saturated rings. The molecule has 29 heavy (non-hydrogen) atoms. The van der Waals surface area contributed by atoms with Crippen LogP contribution in [0.15, 0.2) is 53.9 Å². The first kappa shape index (κ1) is 21.6. The molecular formula is C23H30N2O3S. The SMILES string of the molecule is COc1ccccc1C(CNS(=O)(=O)/C=C/c1ccc(C)cc1)N1CCCCC1. The first-order valence-corrected chi connectivity index (χ1v) is 11.6. The zero-order valence-electron chi connectivity index (χ0n) is 17.2. The van der Waals surface area contributed by atoms with Crippen LogP contribution >= 0.6 is 0 Å². The average Bonchev–Trinajstić information content (AvgIpc) is 2.74. The maximum absolute atomic E-state index is 12.6. The fraction of sp³-hybridized carbons (Fsp3) is 0.391. The minimum Gasteiger partial charge on any atom is -0.496 e. The molecule has 0 spiro atoms. The molecule has 3 rings (SSSR count). The van der Waals surface area contributed by atoms with Crippen molar-refractivity contribution >= 4 is 16.1 Å². The molecule has 0 aliphatic carbocycles. The highest BCUT2D eigenvalue weighted by molar-refractivity contribution is 7.92. The van der Waals surface area contributed by atoms with E-state index in [0.717, 1.165) is 48.4 Å². The lowest BCUT2D eigenvalue weighted by molar-refractivity contribution is 0.162. The lowest BCUT2D eigenvalue weighted by atomic mass is 10.0. The monoisotopic (exact) mass is 414 g/mol. The molecule has 1 saturated heterocycles. The average molecular weight is 415 g/mol. The van der Waals surface area contributed by atoms with Gasteiger partial charge in [0, 0.05) is 17.5 Å². The van der Waals surface area contributed by atoms with E-state index in [1.165, 1.54) is 11.8 Å². The Balaban J connectivity index is 1.75. The van der Waals surface area contributed by atoms with E-state index in [4.69, 9.17) is 4.74 Å². The van der Waals surface area contributed by atoms with Gasteiger partial charge in [-0.3, -0.25) is 4.90 Å². The molecule has 2 aromatic carbocycles. The Labute approximate surface area is 174 Å². The lowest BCUT2D eigenvalue weighted by Gasteiger charge is -2.35. The third-order valence-corrected chi connectivity index (χ3v) is 6.39. The van der Waals surface area contributed by atoms with E-state index in [2.05, 4.69) is 9.62 Å². The molecule has 1 unspecified atom stereocenters. The summed E-state index contributed by atoms with van der Waals surface area (Å²) < 4.78 is 33.5. The van der Waals surface area contributed by atoms with Gasteiger partial charge in [0.1, 0.15) is 5.75 Å². The van der Waals surface area contributed by atoms with E-state index in [0.29, 0.717) is 6.54 Å². The first-order valence-electron chi connectivity index (χ1n) is 10.1. The Hall–Kier alpha value is -2.15. The molecule has 156 valence electrons. The van der Waals surface area contributed by atoms with Gasteiger partial charge in [0.05, 0.1) is 13.2 Å². The molecule has 0 aromatic heterocycles. The van der Waals surface area contributed by atoms with Crippen molar-refractivity contribution in [3.63, 3.8) is 0 Å². The highest BCUT2D eigenvalue weighted by atomic mass is 32.2. The number of nitrogens with zero attached hydrogens (tertiary/aromatic N) is 1. The summed E-state index contributed by atoms with van der Waals surface area (Å²) >= 11 is 0. The molecule has 2 aromatic rings. The van der Waals surface area contributed by atoms with Crippen LogP contribution in [0.2, 0.25) is 0 Å². The highest BCUT2D eigenvalue weighted by Gasteiger charge is 2.25. The number of nitrogens with one attached hydrogen (secondary N) is 1. The summed E-state index contributed by atoms with van der Waals surface area (Å²) in [6.07, 6.45) is 5.11. The van der Waals surface area contributed by atoms with Gasteiger partial charge < -0.3 is 4.74 Å². The number of piperidine rings is 1. The van der Waals surface area contributed by atoms with Crippen LogP contribution in [0.5, 0.6) is 5.75 Å². The Morgan fingerprint density at radius 2 is 1.76 bits per heavy atom. The van der Waals surface area contributed by atoms with Crippen LogP contribution in [0.25, 0.3) is 6.08 Å². The normalized spacial score (nSPS) is 16.8. The maximum atomic E-state index is 12.6. The van der Waals surface area contributed by atoms with Gasteiger partial charge in [0.2, 0.25) is 10.0 Å². The standard InChI is InChI=1S/C23H30N2O3S/c1-19-10-12-20(13-11-19)14-17-29(26,27)24-18-22(25-15-6-3-7-16-25)21-8-4-5-9-23(21)28-2/h4-5,8-14,17,22,24H,3,6-7,15-16,18H2,1-2H3/b17-14+. The van der Waals surface area contributed by atoms with Crippen LogP contribution in [0.3, 0.4) is 0 Å². The van der Waals surface area contributed by atoms with Gasteiger partial charge >= 0.3 is 0 Å². The summed E-state index contributed by atoms with van der Waals surface area (Å²) in [7, 11) is -1.90. The van der Waals surface area contributed by atoms with E-state index >= 15 is 0 Å². The van der Waals surface area contributed by atoms with Crippen molar-refractivity contribution in [3.8, 4) is 5.75 Å². The number of methoxy groups -OCH3 is 1. The number of benzene rings is 2. The van der Waals surface area contributed by atoms with Crippen LogP contribution in [0.4, 0.5) is 0 Å². The quantitative estimate of drug-likeness (QED) is 0.706. The first-order chi connectivity index (χ1) is 14.0. The fourth-order valence-corrected chi connectivity index (χ4v) is 4.52. The molecular weight excluding hydrogens is 384 g/mol. The molecule has 0 amide bonds. The number of aryl methyl sites for hydroxylation is 1. The second-order valence-electron chi connectivity index (χ2n) is 7.46. The summed E-state index contributed by atoms with van der Waals surface area (Å²) in [6.45, 7) is 4.23. The molecule has 0 bridgehead atoms. The van der Waals surface area contributed by atoms with E-state index < -0.39 is 10.0 Å². The topological polar surface area (TPSA) is 58.6 Å². The van der Waals surface area contributed by atoms with Gasteiger partial charge in [0.25, 0.3) is 0 Å². The van der Waals surface area contributed by atoms with Crippen molar-refractivity contribution in [3.05, 3.63) is 70.6 Å². The van der Waals surface area contributed by atoms with E-state index in [-0.39, 0.29) is 6.04 Å². The van der Waals surface area contributed by atoms with Crippen LogP contribution < -0.4 is 9.46 Å². The number of rotatable bonds is 8. The molecule has 1 heterocycles. The predicted molar refractivity (Wildman–Crippen MR) is 118 cm³/mol. The number of para-hydroxylation sites is 1. The van der Waals surface area contributed by atoms with Crippen molar-refractivity contribution in [1.82, 2.24) is 9.62 Å². The van der Waals surface area contributed by atoms with E-state index in [1.54, 1.807) is 13.2 Å². The Bertz CT molecular complexity index is 917. The lowest BCUT2D eigenvalue weighted by Crippen LogP contribution is -2.40.